The zero-order chi connectivity index (χ0) is 14.0. The number of hydrogen-bond donors (Lipinski definition) is 1. The van der Waals surface area contributed by atoms with Gasteiger partial charge in [0.25, 0.3) is 0 Å². The minimum Gasteiger partial charge on any atom is -0.329 e. The molecular weight excluding hydrogens is 279 g/mol. The van der Waals surface area contributed by atoms with Crippen LogP contribution in [-0.4, -0.2) is 24.0 Å². The predicted molar refractivity (Wildman–Crippen MR) is 82.8 cm³/mol. The van der Waals surface area contributed by atoms with Crippen molar-refractivity contribution in [2.24, 2.45) is 11.7 Å². The summed E-state index contributed by atoms with van der Waals surface area (Å²) in [4.78, 5) is 2.45. The van der Waals surface area contributed by atoms with E-state index in [1.165, 1.54) is 12.8 Å². The second-order valence-electron chi connectivity index (χ2n) is 5.60. The Labute approximate surface area is 125 Å². The highest BCUT2D eigenvalue weighted by Crippen LogP contribution is 2.37. The molecule has 4 heteroatoms. The SMILES string of the molecule is CC1CCN(C(CN)c2c(Cl)cccc2Cl)C(C)C1. The van der Waals surface area contributed by atoms with Gasteiger partial charge in [0.15, 0.2) is 0 Å². The Balaban J connectivity index is 2.29. The Bertz CT molecular complexity index is 416. The second kappa shape index (κ2) is 6.45. The summed E-state index contributed by atoms with van der Waals surface area (Å²) < 4.78 is 0. The van der Waals surface area contributed by atoms with Crippen molar-refractivity contribution in [2.45, 2.75) is 38.8 Å². The van der Waals surface area contributed by atoms with Crippen LogP contribution in [0, 0.1) is 5.92 Å². The summed E-state index contributed by atoms with van der Waals surface area (Å²) in [5.74, 6) is 0.784. The maximum Gasteiger partial charge on any atom is 0.0502 e. The van der Waals surface area contributed by atoms with Crippen LogP contribution >= 0.6 is 23.2 Å². The highest BCUT2D eigenvalue weighted by atomic mass is 35.5. The Morgan fingerprint density at radius 3 is 2.47 bits per heavy atom. The normalized spacial score (nSPS) is 26.4. The number of halogens is 2. The van der Waals surface area contributed by atoms with Gasteiger partial charge in [-0.15, -0.1) is 0 Å². The molecular formula is C15H22Cl2N2. The molecule has 19 heavy (non-hydrogen) atoms. The molecule has 2 nitrogen and oxygen atoms in total. The van der Waals surface area contributed by atoms with E-state index in [-0.39, 0.29) is 6.04 Å². The molecule has 1 aromatic carbocycles. The highest BCUT2D eigenvalue weighted by Gasteiger charge is 2.31. The van der Waals surface area contributed by atoms with Crippen LogP contribution in [0.4, 0.5) is 0 Å². The van der Waals surface area contributed by atoms with Crippen molar-refractivity contribution in [2.75, 3.05) is 13.1 Å². The molecule has 1 fully saturated rings. The van der Waals surface area contributed by atoms with Crippen molar-refractivity contribution in [3.8, 4) is 0 Å². The van der Waals surface area contributed by atoms with Gasteiger partial charge in [-0.2, -0.15) is 0 Å². The van der Waals surface area contributed by atoms with E-state index in [0.717, 1.165) is 18.0 Å². The van der Waals surface area contributed by atoms with Crippen LogP contribution in [0.1, 0.15) is 38.3 Å². The molecule has 0 radical (unpaired) electrons. The second-order valence-corrected chi connectivity index (χ2v) is 6.42. The molecule has 3 unspecified atom stereocenters. The Morgan fingerprint density at radius 2 is 1.95 bits per heavy atom. The molecule has 1 aliphatic heterocycles. The molecule has 1 aromatic rings. The van der Waals surface area contributed by atoms with Crippen LogP contribution < -0.4 is 5.73 Å². The fraction of sp³-hybridized carbons (Fsp3) is 0.600. The summed E-state index contributed by atoms with van der Waals surface area (Å²) in [7, 11) is 0. The van der Waals surface area contributed by atoms with Crippen molar-refractivity contribution >= 4 is 23.2 Å². The number of hydrogen-bond acceptors (Lipinski definition) is 2. The van der Waals surface area contributed by atoms with E-state index in [4.69, 9.17) is 28.9 Å². The maximum atomic E-state index is 6.33. The van der Waals surface area contributed by atoms with Crippen molar-refractivity contribution in [1.29, 1.82) is 0 Å². The molecule has 1 aliphatic rings. The van der Waals surface area contributed by atoms with Gasteiger partial charge in [-0.05, 0) is 44.4 Å². The molecule has 3 atom stereocenters. The van der Waals surface area contributed by atoms with E-state index in [0.29, 0.717) is 22.6 Å². The first kappa shape index (κ1) is 15.1. The minimum atomic E-state index is 0.115. The summed E-state index contributed by atoms with van der Waals surface area (Å²) in [5.41, 5.74) is 6.99. The molecule has 1 heterocycles. The molecule has 106 valence electrons. The number of piperidine rings is 1. The first-order valence-corrected chi connectivity index (χ1v) is 7.70. The minimum absolute atomic E-state index is 0.115. The first-order chi connectivity index (χ1) is 9.04. The predicted octanol–water partition coefficient (Wildman–Crippen LogP) is 4.11. The fourth-order valence-corrected chi connectivity index (χ4v) is 3.79. The van der Waals surface area contributed by atoms with Crippen molar-refractivity contribution in [1.82, 2.24) is 4.90 Å². The number of likely N-dealkylation sites (tertiary alicyclic amines) is 1. The number of benzene rings is 1. The topological polar surface area (TPSA) is 29.3 Å². The van der Waals surface area contributed by atoms with E-state index < -0.39 is 0 Å². The summed E-state index contributed by atoms with van der Waals surface area (Å²) in [6, 6.07) is 6.29. The lowest BCUT2D eigenvalue weighted by molar-refractivity contribution is 0.0848. The van der Waals surface area contributed by atoms with Gasteiger partial charge in [-0.25, -0.2) is 0 Å². The van der Waals surface area contributed by atoms with Crippen LogP contribution in [0.2, 0.25) is 10.0 Å². The fourth-order valence-electron chi connectivity index (χ4n) is 3.14. The van der Waals surface area contributed by atoms with Gasteiger partial charge in [0.05, 0.1) is 6.04 Å². The summed E-state index contributed by atoms with van der Waals surface area (Å²) in [5, 5.41) is 1.43. The summed E-state index contributed by atoms with van der Waals surface area (Å²) in [6.45, 7) is 6.19. The third-order valence-corrected chi connectivity index (χ3v) is 4.81. The highest BCUT2D eigenvalue weighted by molar-refractivity contribution is 6.36. The molecule has 1 saturated heterocycles. The third-order valence-electron chi connectivity index (χ3n) is 4.15. The van der Waals surface area contributed by atoms with Gasteiger partial charge in [0.2, 0.25) is 0 Å². The quantitative estimate of drug-likeness (QED) is 0.910. The Morgan fingerprint density at radius 1 is 1.32 bits per heavy atom. The van der Waals surface area contributed by atoms with Crippen molar-refractivity contribution in [3.63, 3.8) is 0 Å². The molecule has 0 spiro atoms. The maximum absolute atomic E-state index is 6.33. The van der Waals surface area contributed by atoms with E-state index >= 15 is 0 Å². The Hall–Kier alpha value is -0.280. The van der Waals surface area contributed by atoms with Gasteiger partial charge >= 0.3 is 0 Å². The number of nitrogens with zero attached hydrogens (tertiary/aromatic N) is 1. The van der Waals surface area contributed by atoms with Crippen LogP contribution in [0.15, 0.2) is 18.2 Å². The lowest BCUT2D eigenvalue weighted by Gasteiger charge is -2.42. The first-order valence-electron chi connectivity index (χ1n) is 6.94. The molecule has 2 rings (SSSR count). The monoisotopic (exact) mass is 300 g/mol. The van der Waals surface area contributed by atoms with Gasteiger partial charge in [-0.1, -0.05) is 36.2 Å². The number of nitrogens with two attached hydrogens (primary N) is 1. The molecule has 0 aromatic heterocycles. The zero-order valence-electron chi connectivity index (χ0n) is 11.6. The molecule has 0 saturated carbocycles. The van der Waals surface area contributed by atoms with Crippen LogP contribution in [0.25, 0.3) is 0 Å². The largest absolute Gasteiger partial charge is 0.329 e. The van der Waals surface area contributed by atoms with Gasteiger partial charge in [0.1, 0.15) is 0 Å². The summed E-state index contributed by atoms with van der Waals surface area (Å²) >= 11 is 12.7. The van der Waals surface area contributed by atoms with Crippen molar-refractivity contribution < 1.29 is 0 Å². The van der Waals surface area contributed by atoms with E-state index in [1.807, 2.05) is 18.2 Å². The molecule has 0 amide bonds. The Kier molecular flexibility index (Phi) is 5.13. The molecule has 2 N–H and O–H groups in total. The van der Waals surface area contributed by atoms with Crippen molar-refractivity contribution in [3.05, 3.63) is 33.8 Å². The number of rotatable bonds is 3. The van der Waals surface area contributed by atoms with E-state index in [2.05, 4.69) is 18.7 Å². The standard InChI is InChI=1S/C15H22Cl2N2/c1-10-6-7-19(11(2)8-10)14(9-18)15-12(16)4-3-5-13(15)17/h3-5,10-11,14H,6-9,18H2,1-2H3. The molecule has 0 aliphatic carbocycles. The average molecular weight is 301 g/mol. The zero-order valence-corrected chi connectivity index (χ0v) is 13.1. The molecule has 0 bridgehead atoms. The third kappa shape index (κ3) is 3.25. The lowest BCUT2D eigenvalue weighted by atomic mass is 9.90. The van der Waals surface area contributed by atoms with Gasteiger partial charge in [0, 0.05) is 28.2 Å². The van der Waals surface area contributed by atoms with E-state index in [9.17, 15) is 0 Å². The average Bonchev–Trinajstić information content (AvgIpc) is 2.35. The van der Waals surface area contributed by atoms with Crippen LogP contribution in [-0.2, 0) is 0 Å². The van der Waals surface area contributed by atoms with Gasteiger partial charge in [-0.3, -0.25) is 4.90 Å². The van der Waals surface area contributed by atoms with Gasteiger partial charge < -0.3 is 5.73 Å². The summed E-state index contributed by atoms with van der Waals surface area (Å²) in [6.07, 6.45) is 2.42. The van der Waals surface area contributed by atoms with E-state index in [1.54, 1.807) is 0 Å². The smallest absolute Gasteiger partial charge is 0.0502 e. The lowest BCUT2D eigenvalue weighted by Crippen LogP contribution is -2.45. The van der Waals surface area contributed by atoms with Crippen LogP contribution in [0.3, 0.4) is 0 Å². The van der Waals surface area contributed by atoms with Crippen LogP contribution in [0.5, 0.6) is 0 Å².